The van der Waals surface area contributed by atoms with E-state index in [9.17, 15) is 10.1 Å². The van der Waals surface area contributed by atoms with Gasteiger partial charge in [-0.1, -0.05) is 23.7 Å². The molecule has 0 radical (unpaired) electrons. The number of hydrogen-bond donors (Lipinski definition) is 1. The maximum Gasteiger partial charge on any atom is 0.294 e. The number of nitrogens with zero attached hydrogens (tertiary/aromatic N) is 3. The SMILES string of the molecule is CN(C)c1ccc(/C=N/Nc2cc(Cl)ccc2[N+](=O)[O-])cc1. The number of rotatable bonds is 5. The van der Waals surface area contributed by atoms with Crippen LogP contribution < -0.4 is 10.3 Å². The highest BCUT2D eigenvalue weighted by Gasteiger charge is 2.13. The lowest BCUT2D eigenvalue weighted by atomic mass is 10.2. The lowest BCUT2D eigenvalue weighted by Gasteiger charge is -2.11. The average Bonchev–Trinajstić information content (AvgIpc) is 2.47. The number of hydrazone groups is 1. The molecular formula is C15H15ClN4O2. The summed E-state index contributed by atoms with van der Waals surface area (Å²) in [6, 6.07) is 12.0. The second kappa shape index (κ2) is 6.91. The molecule has 0 bridgehead atoms. The van der Waals surface area contributed by atoms with Gasteiger partial charge in [-0.25, -0.2) is 0 Å². The zero-order valence-corrected chi connectivity index (χ0v) is 12.9. The van der Waals surface area contributed by atoms with E-state index in [1.165, 1.54) is 18.2 Å². The third-order valence-electron chi connectivity index (χ3n) is 2.96. The van der Waals surface area contributed by atoms with Crippen LogP contribution in [-0.2, 0) is 0 Å². The fourth-order valence-corrected chi connectivity index (χ4v) is 1.96. The van der Waals surface area contributed by atoms with Gasteiger partial charge in [0.25, 0.3) is 5.69 Å². The Kier molecular flexibility index (Phi) is 4.95. The Labute approximate surface area is 133 Å². The number of nitro groups is 1. The van der Waals surface area contributed by atoms with E-state index in [2.05, 4.69) is 10.5 Å². The standard InChI is InChI=1S/C15H15ClN4O2/c1-19(2)13-6-3-11(4-7-13)10-17-18-14-9-12(16)5-8-15(14)20(21)22/h3-10,18H,1-2H3/b17-10+. The zero-order chi connectivity index (χ0) is 16.1. The zero-order valence-electron chi connectivity index (χ0n) is 12.2. The molecular weight excluding hydrogens is 304 g/mol. The van der Waals surface area contributed by atoms with E-state index in [1.54, 1.807) is 6.21 Å². The van der Waals surface area contributed by atoms with Crippen LogP contribution >= 0.6 is 11.6 Å². The fourth-order valence-electron chi connectivity index (χ4n) is 1.79. The minimum absolute atomic E-state index is 0.0792. The summed E-state index contributed by atoms with van der Waals surface area (Å²) in [4.78, 5) is 12.4. The number of anilines is 2. The van der Waals surface area contributed by atoms with E-state index in [-0.39, 0.29) is 11.4 Å². The van der Waals surface area contributed by atoms with Crippen LogP contribution in [0.3, 0.4) is 0 Å². The van der Waals surface area contributed by atoms with E-state index in [1.807, 2.05) is 43.3 Å². The van der Waals surface area contributed by atoms with Crippen LogP contribution in [0, 0.1) is 10.1 Å². The molecule has 0 heterocycles. The minimum atomic E-state index is -0.486. The normalized spacial score (nSPS) is 10.7. The molecule has 2 aromatic rings. The van der Waals surface area contributed by atoms with Gasteiger partial charge in [-0.2, -0.15) is 5.10 Å². The van der Waals surface area contributed by atoms with Gasteiger partial charge in [-0.3, -0.25) is 15.5 Å². The molecule has 0 aromatic heterocycles. The summed E-state index contributed by atoms with van der Waals surface area (Å²) in [7, 11) is 3.92. The van der Waals surface area contributed by atoms with E-state index in [4.69, 9.17) is 11.6 Å². The van der Waals surface area contributed by atoms with Gasteiger partial charge in [0.15, 0.2) is 0 Å². The van der Waals surface area contributed by atoms with Crippen LogP contribution in [0.2, 0.25) is 5.02 Å². The summed E-state index contributed by atoms with van der Waals surface area (Å²) >= 11 is 5.85. The molecule has 22 heavy (non-hydrogen) atoms. The Bertz CT molecular complexity index is 699. The minimum Gasteiger partial charge on any atom is -0.378 e. The van der Waals surface area contributed by atoms with Crippen LogP contribution in [0.15, 0.2) is 47.6 Å². The van der Waals surface area contributed by atoms with Crippen LogP contribution in [-0.4, -0.2) is 25.2 Å². The van der Waals surface area contributed by atoms with Crippen LogP contribution in [0.5, 0.6) is 0 Å². The molecule has 2 rings (SSSR count). The van der Waals surface area contributed by atoms with Gasteiger partial charge in [-0.05, 0) is 29.8 Å². The molecule has 0 atom stereocenters. The Hall–Kier alpha value is -2.60. The van der Waals surface area contributed by atoms with Crippen LogP contribution in [0.25, 0.3) is 0 Å². The number of halogens is 1. The van der Waals surface area contributed by atoms with Crippen molar-refractivity contribution in [3.63, 3.8) is 0 Å². The highest BCUT2D eigenvalue weighted by molar-refractivity contribution is 6.31. The van der Waals surface area contributed by atoms with Gasteiger partial charge >= 0.3 is 0 Å². The molecule has 0 spiro atoms. The van der Waals surface area contributed by atoms with Crippen molar-refractivity contribution in [2.75, 3.05) is 24.4 Å². The topological polar surface area (TPSA) is 70.8 Å². The smallest absolute Gasteiger partial charge is 0.294 e. The first-order valence-electron chi connectivity index (χ1n) is 6.48. The van der Waals surface area contributed by atoms with E-state index < -0.39 is 4.92 Å². The van der Waals surface area contributed by atoms with E-state index in [0.717, 1.165) is 11.3 Å². The molecule has 0 aliphatic heterocycles. The number of benzene rings is 2. The number of nitrogens with one attached hydrogen (secondary N) is 1. The molecule has 6 nitrogen and oxygen atoms in total. The van der Waals surface area contributed by atoms with E-state index in [0.29, 0.717) is 5.02 Å². The Morgan fingerprint density at radius 3 is 2.50 bits per heavy atom. The van der Waals surface area contributed by atoms with Crippen molar-refractivity contribution in [1.29, 1.82) is 0 Å². The first-order chi connectivity index (χ1) is 10.5. The third kappa shape index (κ3) is 3.95. The number of hydrogen-bond acceptors (Lipinski definition) is 5. The molecule has 0 amide bonds. The average molecular weight is 319 g/mol. The fraction of sp³-hybridized carbons (Fsp3) is 0.133. The Morgan fingerprint density at radius 2 is 1.91 bits per heavy atom. The van der Waals surface area contributed by atoms with Crippen molar-refractivity contribution in [2.24, 2.45) is 5.10 Å². The lowest BCUT2D eigenvalue weighted by Crippen LogP contribution is -2.08. The van der Waals surface area contributed by atoms with Gasteiger partial charge in [-0.15, -0.1) is 0 Å². The second-order valence-corrected chi connectivity index (χ2v) is 5.21. The van der Waals surface area contributed by atoms with Gasteiger partial charge < -0.3 is 4.90 Å². The van der Waals surface area contributed by atoms with Gasteiger partial charge in [0.2, 0.25) is 0 Å². The van der Waals surface area contributed by atoms with Crippen molar-refractivity contribution in [1.82, 2.24) is 0 Å². The molecule has 7 heteroatoms. The molecule has 0 saturated carbocycles. The van der Waals surface area contributed by atoms with Gasteiger partial charge in [0.05, 0.1) is 11.1 Å². The third-order valence-corrected chi connectivity index (χ3v) is 3.20. The van der Waals surface area contributed by atoms with Crippen molar-refractivity contribution >= 4 is 34.9 Å². The van der Waals surface area contributed by atoms with Crippen LogP contribution in [0.4, 0.5) is 17.1 Å². The lowest BCUT2D eigenvalue weighted by molar-refractivity contribution is -0.384. The first kappa shape index (κ1) is 15.8. The molecule has 114 valence electrons. The van der Waals surface area contributed by atoms with E-state index >= 15 is 0 Å². The molecule has 2 aromatic carbocycles. The summed E-state index contributed by atoms with van der Waals surface area (Å²) in [5.74, 6) is 0. The highest BCUT2D eigenvalue weighted by atomic mass is 35.5. The van der Waals surface area contributed by atoms with Crippen molar-refractivity contribution < 1.29 is 4.92 Å². The predicted molar refractivity (Wildman–Crippen MR) is 90.1 cm³/mol. The molecule has 0 aliphatic rings. The predicted octanol–water partition coefficient (Wildman–Crippen LogP) is 3.76. The van der Waals surface area contributed by atoms with Gasteiger partial charge in [0.1, 0.15) is 5.69 Å². The monoisotopic (exact) mass is 318 g/mol. The molecule has 0 saturated heterocycles. The highest BCUT2D eigenvalue weighted by Crippen LogP contribution is 2.27. The quantitative estimate of drug-likeness (QED) is 0.517. The molecule has 0 unspecified atom stereocenters. The maximum absolute atomic E-state index is 10.9. The number of nitro benzene ring substituents is 1. The second-order valence-electron chi connectivity index (χ2n) is 4.77. The largest absolute Gasteiger partial charge is 0.378 e. The molecule has 0 aliphatic carbocycles. The summed E-state index contributed by atoms with van der Waals surface area (Å²) in [5, 5.41) is 15.4. The van der Waals surface area contributed by atoms with Crippen molar-refractivity contribution in [2.45, 2.75) is 0 Å². The first-order valence-corrected chi connectivity index (χ1v) is 6.85. The summed E-state index contributed by atoms with van der Waals surface area (Å²) < 4.78 is 0. The Morgan fingerprint density at radius 1 is 1.23 bits per heavy atom. The molecule has 0 fully saturated rings. The van der Waals surface area contributed by atoms with Crippen molar-refractivity contribution in [3.05, 3.63) is 63.2 Å². The molecule has 1 N–H and O–H groups in total. The summed E-state index contributed by atoms with van der Waals surface area (Å²) in [6.07, 6.45) is 1.59. The van der Waals surface area contributed by atoms with Gasteiger partial charge in [0, 0.05) is 30.9 Å². The summed E-state index contributed by atoms with van der Waals surface area (Å²) in [6.45, 7) is 0. The summed E-state index contributed by atoms with van der Waals surface area (Å²) in [5.41, 5.74) is 4.78. The Balaban J connectivity index is 2.12. The maximum atomic E-state index is 10.9. The van der Waals surface area contributed by atoms with Crippen LogP contribution in [0.1, 0.15) is 5.56 Å². The van der Waals surface area contributed by atoms with Crippen molar-refractivity contribution in [3.8, 4) is 0 Å².